The lowest BCUT2D eigenvalue weighted by Crippen LogP contribution is -2.54. The number of aromatic nitrogens is 2. The number of amides is 4. The van der Waals surface area contributed by atoms with Crippen LogP contribution in [0.4, 0.5) is 0 Å². The fraction of sp³-hybridized carbons (Fsp3) is 0.323. The molecule has 4 aromatic rings. The zero-order valence-electron chi connectivity index (χ0n) is 23.5. The van der Waals surface area contributed by atoms with Gasteiger partial charge in [-0.15, -0.1) is 11.3 Å². The summed E-state index contributed by atoms with van der Waals surface area (Å²) in [6.07, 6.45) is 3.58. The van der Waals surface area contributed by atoms with Crippen molar-refractivity contribution in [3.05, 3.63) is 76.4 Å². The Morgan fingerprint density at radius 1 is 1.05 bits per heavy atom. The van der Waals surface area contributed by atoms with Crippen LogP contribution in [0.3, 0.4) is 0 Å². The van der Waals surface area contributed by atoms with Gasteiger partial charge in [-0.3, -0.25) is 19.2 Å². The maximum atomic E-state index is 13.6. The average molecular weight is 619 g/mol. The summed E-state index contributed by atoms with van der Waals surface area (Å²) < 4.78 is 0. The van der Waals surface area contributed by atoms with Crippen molar-refractivity contribution in [1.29, 1.82) is 0 Å². The first-order chi connectivity index (χ1) is 20.8. The van der Waals surface area contributed by atoms with Gasteiger partial charge in [0, 0.05) is 60.9 Å². The molecule has 0 bridgehead atoms. The van der Waals surface area contributed by atoms with Gasteiger partial charge in [-0.25, -0.2) is 4.98 Å². The SMILES string of the molecule is CNC(=O)CNC(=O)C1CN(C(=O)Cc2c[nH]c3cc(Cl)ccc23)CC2CN(C(=O)c3cnc(-c4ccccc4)s3)CC21. The first-order valence-electron chi connectivity index (χ1n) is 14.1. The Kier molecular flexibility index (Phi) is 8.18. The summed E-state index contributed by atoms with van der Waals surface area (Å²) in [6, 6.07) is 15.2. The molecule has 4 heterocycles. The summed E-state index contributed by atoms with van der Waals surface area (Å²) in [6.45, 7) is 1.33. The normalized spacial score (nSPS) is 19.7. The molecule has 3 unspecified atom stereocenters. The van der Waals surface area contributed by atoms with Gasteiger partial charge in [0.25, 0.3) is 5.91 Å². The largest absolute Gasteiger partial charge is 0.361 e. The van der Waals surface area contributed by atoms with Crippen LogP contribution in [-0.4, -0.2) is 83.2 Å². The Morgan fingerprint density at radius 2 is 1.84 bits per heavy atom. The molecule has 0 spiro atoms. The molecule has 10 nitrogen and oxygen atoms in total. The smallest absolute Gasteiger partial charge is 0.265 e. The number of aromatic amines is 1. The van der Waals surface area contributed by atoms with E-state index in [-0.39, 0.29) is 55.0 Å². The van der Waals surface area contributed by atoms with Crippen LogP contribution < -0.4 is 10.6 Å². The van der Waals surface area contributed by atoms with E-state index in [0.29, 0.717) is 29.5 Å². The number of rotatable bonds is 7. The van der Waals surface area contributed by atoms with E-state index in [9.17, 15) is 19.2 Å². The van der Waals surface area contributed by atoms with E-state index in [1.54, 1.807) is 22.1 Å². The van der Waals surface area contributed by atoms with Crippen LogP contribution in [0.5, 0.6) is 0 Å². The fourth-order valence-electron chi connectivity index (χ4n) is 6.13. The van der Waals surface area contributed by atoms with Crippen molar-refractivity contribution in [2.75, 3.05) is 39.8 Å². The topological polar surface area (TPSA) is 128 Å². The molecule has 12 heteroatoms. The lowest BCUT2D eigenvalue weighted by Gasteiger charge is -2.39. The van der Waals surface area contributed by atoms with Gasteiger partial charge in [0.1, 0.15) is 9.88 Å². The maximum Gasteiger partial charge on any atom is 0.265 e. The number of carbonyl (C=O) groups is 4. The molecule has 0 radical (unpaired) electrons. The van der Waals surface area contributed by atoms with Gasteiger partial charge < -0.3 is 25.4 Å². The van der Waals surface area contributed by atoms with Crippen molar-refractivity contribution in [2.45, 2.75) is 6.42 Å². The monoisotopic (exact) mass is 618 g/mol. The Morgan fingerprint density at radius 3 is 2.63 bits per heavy atom. The number of H-pyrrole nitrogens is 1. The summed E-state index contributed by atoms with van der Waals surface area (Å²) >= 11 is 7.46. The number of hydrogen-bond donors (Lipinski definition) is 3. The van der Waals surface area contributed by atoms with Crippen molar-refractivity contribution < 1.29 is 19.2 Å². The van der Waals surface area contributed by atoms with Crippen LogP contribution in [0, 0.1) is 17.8 Å². The molecular formula is C31H31ClN6O4S. The molecule has 0 aliphatic carbocycles. The average Bonchev–Trinajstić information content (AvgIpc) is 3.78. The van der Waals surface area contributed by atoms with Crippen LogP contribution in [-0.2, 0) is 20.8 Å². The van der Waals surface area contributed by atoms with E-state index in [1.165, 1.54) is 18.4 Å². The molecule has 2 aliphatic rings. The summed E-state index contributed by atoms with van der Waals surface area (Å²) in [5.41, 5.74) is 2.65. The predicted molar refractivity (Wildman–Crippen MR) is 165 cm³/mol. The molecule has 2 aromatic carbocycles. The number of carbonyl (C=O) groups excluding carboxylic acids is 4. The quantitative estimate of drug-likeness (QED) is 0.293. The molecule has 3 N–H and O–H groups in total. The van der Waals surface area contributed by atoms with Gasteiger partial charge in [-0.2, -0.15) is 0 Å². The molecule has 4 amide bonds. The van der Waals surface area contributed by atoms with Crippen molar-refractivity contribution in [1.82, 2.24) is 30.4 Å². The van der Waals surface area contributed by atoms with Crippen LogP contribution in [0.1, 0.15) is 15.2 Å². The van der Waals surface area contributed by atoms with Crippen LogP contribution in [0.25, 0.3) is 21.5 Å². The molecule has 6 rings (SSSR count). The molecule has 2 aromatic heterocycles. The van der Waals surface area contributed by atoms with E-state index >= 15 is 0 Å². The number of hydrogen-bond acceptors (Lipinski definition) is 6. The van der Waals surface area contributed by atoms with Crippen LogP contribution in [0.15, 0.2) is 60.9 Å². The highest BCUT2D eigenvalue weighted by atomic mass is 35.5. The minimum atomic E-state index is -0.562. The Hall–Kier alpha value is -4.22. The van der Waals surface area contributed by atoms with Gasteiger partial charge in [-0.05, 0) is 29.5 Å². The summed E-state index contributed by atoms with van der Waals surface area (Å²) in [5, 5.41) is 7.53. The molecule has 3 atom stereocenters. The molecular weight excluding hydrogens is 588 g/mol. The second-order valence-corrected chi connectivity index (χ2v) is 12.5. The van der Waals surface area contributed by atoms with Gasteiger partial charge in [0.05, 0.1) is 25.1 Å². The second kappa shape index (κ2) is 12.2. The van der Waals surface area contributed by atoms with Gasteiger partial charge in [0.2, 0.25) is 17.7 Å². The number of halogens is 1. The molecule has 2 saturated heterocycles. The van der Waals surface area contributed by atoms with E-state index in [0.717, 1.165) is 27.0 Å². The summed E-state index contributed by atoms with van der Waals surface area (Å²) in [4.78, 5) is 64.1. The summed E-state index contributed by atoms with van der Waals surface area (Å²) in [7, 11) is 1.51. The number of thiazole rings is 1. The molecule has 2 aliphatic heterocycles. The molecule has 43 heavy (non-hydrogen) atoms. The van der Waals surface area contributed by atoms with Crippen molar-refractivity contribution in [3.63, 3.8) is 0 Å². The lowest BCUT2D eigenvalue weighted by molar-refractivity contribution is -0.139. The Labute approximate surface area is 257 Å². The zero-order chi connectivity index (χ0) is 30.1. The van der Waals surface area contributed by atoms with Crippen LogP contribution in [0.2, 0.25) is 5.02 Å². The van der Waals surface area contributed by atoms with E-state index < -0.39 is 5.92 Å². The van der Waals surface area contributed by atoms with Crippen molar-refractivity contribution in [3.8, 4) is 10.6 Å². The van der Waals surface area contributed by atoms with Crippen molar-refractivity contribution in [2.24, 2.45) is 17.8 Å². The van der Waals surface area contributed by atoms with E-state index in [4.69, 9.17) is 11.6 Å². The molecule has 222 valence electrons. The van der Waals surface area contributed by atoms with Gasteiger partial charge in [0.15, 0.2) is 0 Å². The van der Waals surface area contributed by atoms with Crippen LogP contribution >= 0.6 is 22.9 Å². The molecule has 2 fully saturated rings. The Balaban J connectivity index is 1.20. The Bertz CT molecular complexity index is 1690. The highest BCUT2D eigenvalue weighted by Crippen LogP contribution is 2.37. The summed E-state index contributed by atoms with van der Waals surface area (Å²) in [5.74, 6) is -1.62. The number of nitrogens with zero attached hydrogens (tertiary/aromatic N) is 3. The fourth-order valence-corrected chi connectivity index (χ4v) is 7.19. The zero-order valence-corrected chi connectivity index (χ0v) is 25.1. The number of likely N-dealkylation sites (tertiary alicyclic amines) is 2. The number of fused-ring (bicyclic) bond motifs is 2. The molecule has 0 saturated carbocycles. The second-order valence-electron chi connectivity index (χ2n) is 11.0. The minimum Gasteiger partial charge on any atom is -0.361 e. The number of benzene rings is 2. The number of piperidine rings is 1. The first-order valence-corrected chi connectivity index (χ1v) is 15.3. The third-order valence-electron chi connectivity index (χ3n) is 8.37. The standard InChI is InChI=1S/C31H31ClN6O4S/c1-33-27(39)13-35-29(41)24-17-37(28(40)9-19-11-34-25-10-21(32)7-8-22(19)25)14-20-15-38(16-23(20)24)31(42)26-12-36-30(43-26)18-5-3-2-4-6-18/h2-8,10-12,20,23-24,34H,9,13-17H2,1H3,(H,33,39)(H,35,41). The highest BCUT2D eigenvalue weighted by molar-refractivity contribution is 7.16. The number of likely N-dealkylation sites (N-methyl/N-ethyl adjacent to an activating group) is 1. The highest BCUT2D eigenvalue weighted by Gasteiger charge is 2.48. The maximum absolute atomic E-state index is 13.6. The third-order valence-corrected chi connectivity index (χ3v) is 9.64. The predicted octanol–water partition coefficient (Wildman–Crippen LogP) is 3.20. The lowest BCUT2D eigenvalue weighted by atomic mass is 9.79. The minimum absolute atomic E-state index is 0.0827. The first kappa shape index (κ1) is 28.9. The number of nitrogens with one attached hydrogen (secondary N) is 3. The van der Waals surface area contributed by atoms with Crippen molar-refractivity contribution >= 4 is 57.5 Å². The van der Waals surface area contributed by atoms with E-state index in [2.05, 4.69) is 20.6 Å². The van der Waals surface area contributed by atoms with Gasteiger partial charge >= 0.3 is 0 Å². The van der Waals surface area contributed by atoms with E-state index in [1.807, 2.05) is 48.7 Å². The van der Waals surface area contributed by atoms with Gasteiger partial charge in [-0.1, -0.05) is 48.0 Å². The third kappa shape index (κ3) is 6.00.